The van der Waals surface area contributed by atoms with E-state index in [9.17, 15) is 4.39 Å². The maximum atomic E-state index is 13.9. The fourth-order valence-corrected chi connectivity index (χ4v) is 1.90. The highest BCUT2D eigenvalue weighted by molar-refractivity contribution is 5.59. The number of anilines is 1. The Labute approximate surface area is 98.3 Å². The molecule has 0 unspecified atom stereocenters. The van der Waals surface area contributed by atoms with Crippen LogP contribution in [0, 0.1) is 0 Å². The molecule has 0 saturated heterocycles. The van der Waals surface area contributed by atoms with Crippen molar-refractivity contribution in [3.8, 4) is 0 Å². The summed E-state index contributed by atoms with van der Waals surface area (Å²) in [5.41, 5.74) is 0.804. The molecule has 0 radical (unpaired) electrons. The third-order valence-electron chi connectivity index (χ3n) is 2.74. The number of nitrogens with zero attached hydrogens (tertiary/aromatic N) is 2. The summed E-state index contributed by atoms with van der Waals surface area (Å²) in [6.07, 6.45) is 0.440. The molecule has 0 aliphatic carbocycles. The zero-order chi connectivity index (χ0) is 11.7. The molecule has 2 aromatic rings. The molecular weight excluding hydrogens is 215 g/mol. The van der Waals surface area contributed by atoms with Crippen LogP contribution in [0.5, 0.6) is 0 Å². The van der Waals surface area contributed by atoms with Crippen molar-refractivity contribution in [2.24, 2.45) is 4.99 Å². The Morgan fingerprint density at radius 1 is 0.941 bits per heavy atom. The van der Waals surface area contributed by atoms with Crippen LogP contribution in [0.4, 0.5) is 10.1 Å². The lowest BCUT2D eigenvalue weighted by Crippen LogP contribution is -2.39. The molecule has 2 nitrogen and oxygen atoms in total. The van der Waals surface area contributed by atoms with E-state index in [2.05, 4.69) is 4.99 Å². The van der Waals surface area contributed by atoms with Gasteiger partial charge in [-0.1, -0.05) is 36.4 Å². The van der Waals surface area contributed by atoms with Gasteiger partial charge >= 0.3 is 0 Å². The number of rotatable bonds is 1. The fourth-order valence-electron chi connectivity index (χ4n) is 1.90. The molecule has 0 spiro atoms. The number of hydrogen-bond donors (Lipinski definition) is 0. The van der Waals surface area contributed by atoms with Crippen molar-refractivity contribution >= 4 is 11.9 Å². The fraction of sp³-hybridized carbons (Fsp3) is 0.0714. The molecule has 0 amide bonds. The Morgan fingerprint density at radius 3 is 2.47 bits per heavy atom. The van der Waals surface area contributed by atoms with Crippen LogP contribution in [-0.4, -0.2) is 6.42 Å². The van der Waals surface area contributed by atoms with Crippen LogP contribution in [0.15, 0.2) is 59.6 Å². The first-order chi connectivity index (χ1) is 8.34. The molecule has 17 heavy (non-hydrogen) atoms. The monoisotopic (exact) mass is 226 g/mol. The zero-order valence-corrected chi connectivity index (χ0v) is 9.12. The van der Waals surface area contributed by atoms with Crippen molar-refractivity contribution < 1.29 is 4.39 Å². The van der Waals surface area contributed by atoms with Crippen molar-refractivity contribution in [2.75, 3.05) is 4.90 Å². The molecule has 1 aliphatic rings. The van der Waals surface area contributed by atoms with Crippen LogP contribution in [-0.2, 0) is 0 Å². The molecule has 84 valence electrons. The largest absolute Gasteiger partial charge is 0.299 e. The van der Waals surface area contributed by atoms with Crippen molar-refractivity contribution in [2.45, 2.75) is 6.42 Å². The van der Waals surface area contributed by atoms with Crippen LogP contribution in [0.25, 0.3) is 6.20 Å². The van der Waals surface area contributed by atoms with Gasteiger partial charge in [0.1, 0.15) is 0 Å². The first kappa shape index (κ1) is 10.0. The van der Waals surface area contributed by atoms with Crippen molar-refractivity contribution in [3.63, 3.8) is 0 Å². The molecule has 0 fully saturated rings. The molecule has 1 aliphatic heterocycles. The average molecular weight is 226 g/mol. The van der Waals surface area contributed by atoms with E-state index in [1.165, 1.54) is 4.90 Å². The predicted octanol–water partition coefficient (Wildman–Crippen LogP) is 1.82. The molecule has 2 aromatic carbocycles. The minimum absolute atomic E-state index is 0.701. The highest BCUT2D eigenvalue weighted by atomic mass is 19.1. The minimum atomic E-state index is -1.35. The third kappa shape index (κ3) is 1.80. The number of alkyl halides is 1. The quantitative estimate of drug-likeness (QED) is 0.677. The Morgan fingerprint density at radius 2 is 1.65 bits per heavy atom. The minimum Gasteiger partial charge on any atom is -0.299 e. The number of fused-ring (bicyclic) bond motifs is 1. The van der Waals surface area contributed by atoms with Crippen LogP contribution in [0.1, 0.15) is 0 Å². The van der Waals surface area contributed by atoms with Gasteiger partial charge in [0.05, 0.1) is 5.36 Å². The van der Waals surface area contributed by atoms with Gasteiger partial charge in [-0.15, -0.1) is 0 Å². The molecule has 1 atom stereocenters. The van der Waals surface area contributed by atoms with E-state index < -0.39 is 6.42 Å². The second-order valence-electron chi connectivity index (χ2n) is 3.87. The van der Waals surface area contributed by atoms with Gasteiger partial charge in [-0.3, -0.25) is 4.90 Å². The van der Waals surface area contributed by atoms with Crippen molar-refractivity contribution in [3.05, 3.63) is 65.2 Å². The summed E-state index contributed by atoms with van der Waals surface area (Å²) in [6, 6.07) is 17.0. The predicted molar refractivity (Wildman–Crippen MR) is 65.5 cm³/mol. The molecule has 3 rings (SSSR count). The lowest BCUT2D eigenvalue weighted by Gasteiger charge is -2.24. The Balaban J connectivity index is 2.14. The molecule has 0 bridgehead atoms. The molecule has 0 saturated carbocycles. The lowest BCUT2D eigenvalue weighted by atomic mass is 10.2. The molecule has 1 heterocycles. The highest BCUT2D eigenvalue weighted by Gasteiger charge is 2.16. The Hall–Kier alpha value is -2.16. The summed E-state index contributed by atoms with van der Waals surface area (Å²) in [7, 11) is 0. The van der Waals surface area contributed by atoms with Gasteiger partial charge in [0.25, 0.3) is 6.42 Å². The van der Waals surface area contributed by atoms with Gasteiger partial charge in [-0.05, 0) is 18.2 Å². The summed E-state index contributed by atoms with van der Waals surface area (Å²) < 4.78 is 13.9. The van der Waals surface area contributed by atoms with Crippen molar-refractivity contribution in [1.82, 2.24) is 0 Å². The van der Waals surface area contributed by atoms with Crippen LogP contribution < -0.4 is 15.5 Å². The normalized spacial score (nSPS) is 17.9. The van der Waals surface area contributed by atoms with E-state index in [4.69, 9.17) is 0 Å². The second kappa shape index (κ2) is 4.01. The summed E-state index contributed by atoms with van der Waals surface area (Å²) in [6.45, 7) is 0. The number of para-hydroxylation sites is 2. The Kier molecular flexibility index (Phi) is 2.37. The van der Waals surface area contributed by atoms with E-state index in [1.807, 2.05) is 54.6 Å². The van der Waals surface area contributed by atoms with Gasteiger partial charge in [0.2, 0.25) is 0 Å². The number of hydrogen-bond acceptors (Lipinski definition) is 2. The number of halogens is 1. The van der Waals surface area contributed by atoms with E-state index in [-0.39, 0.29) is 0 Å². The van der Waals surface area contributed by atoms with E-state index in [0.717, 1.165) is 10.9 Å². The maximum absolute atomic E-state index is 13.9. The van der Waals surface area contributed by atoms with E-state index in [1.54, 1.807) is 6.20 Å². The lowest BCUT2D eigenvalue weighted by molar-refractivity contribution is 0.346. The summed E-state index contributed by atoms with van der Waals surface area (Å²) in [5, 5.41) is 1.64. The van der Waals surface area contributed by atoms with Gasteiger partial charge in [0, 0.05) is 17.1 Å². The van der Waals surface area contributed by atoms with Gasteiger partial charge in [-0.2, -0.15) is 4.39 Å². The van der Waals surface area contributed by atoms with Gasteiger partial charge in [-0.25, -0.2) is 4.99 Å². The summed E-state index contributed by atoms with van der Waals surface area (Å²) >= 11 is 0. The van der Waals surface area contributed by atoms with Gasteiger partial charge < -0.3 is 0 Å². The number of benzene rings is 2. The van der Waals surface area contributed by atoms with Crippen LogP contribution in [0.2, 0.25) is 0 Å². The van der Waals surface area contributed by atoms with Crippen LogP contribution >= 0.6 is 0 Å². The standard InChI is InChI=1S/C14H11FN2/c15-14-16-13-9-5-4-6-11(13)10-17(14)12-7-2-1-3-8-12/h1-10,14H/t14-/m1/s1. The maximum Gasteiger partial charge on any atom is 0.271 e. The average Bonchev–Trinajstić information content (AvgIpc) is 2.39. The molecular formula is C14H11FN2. The Bertz CT molecular complexity index is 637. The third-order valence-corrected chi connectivity index (χ3v) is 2.74. The first-order valence-corrected chi connectivity index (χ1v) is 5.47. The molecule has 3 heteroatoms. The van der Waals surface area contributed by atoms with Gasteiger partial charge in [0.15, 0.2) is 0 Å². The summed E-state index contributed by atoms with van der Waals surface area (Å²) in [5.74, 6) is 0. The SMILES string of the molecule is F[C@@H]1N=c2ccccc2=CN1c1ccccc1. The summed E-state index contributed by atoms with van der Waals surface area (Å²) in [4.78, 5) is 5.56. The van der Waals surface area contributed by atoms with Crippen molar-refractivity contribution in [1.29, 1.82) is 0 Å². The van der Waals surface area contributed by atoms with E-state index in [0.29, 0.717) is 5.36 Å². The highest BCUT2D eigenvalue weighted by Crippen LogP contribution is 2.18. The van der Waals surface area contributed by atoms with Crippen LogP contribution in [0.3, 0.4) is 0 Å². The zero-order valence-electron chi connectivity index (χ0n) is 9.12. The second-order valence-corrected chi connectivity index (χ2v) is 3.87. The molecule has 0 N–H and O–H groups in total. The first-order valence-electron chi connectivity index (χ1n) is 5.47. The smallest absolute Gasteiger partial charge is 0.271 e. The van der Waals surface area contributed by atoms with E-state index >= 15 is 0 Å². The molecule has 0 aromatic heterocycles. The topological polar surface area (TPSA) is 15.6 Å².